The Balaban J connectivity index is 1.57. The van der Waals surface area contributed by atoms with Gasteiger partial charge in [0.1, 0.15) is 11.3 Å². The summed E-state index contributed by atoms with van der Waals surface area (Å²) in [4.78, 5) is 32.4. The number of hydrogen-bond acceptors (Lipinski definition) is 6. The standard InChI is InChI=1S/C29H29FN4O5/c1-4-26(35)32-15-7-8-20(18-32)34-28-22(16-31-17-25(28)38-5-2)33(29(34)36)19-11-13-21(14-12-19)39-24-10-6-9-23(37-3)27(24)30/h4,6,9-14,16-17,20H,1,5,7-8,15,18H2,2-3H3/t20-/m1/s1. The van der Waals surface area contributed by atoms with Crippen LogP contribution in [0.2, 0.25) is 0 Å². The topological polar surface area (TPSA) is 87.8 Å². The summed E-state index contributed by atoms with van der Waals surface area (Å²) in [6.07, 6.45) is 6.01. The molecule has 1 aliphatic heterocycles. The number of aromatic nitrogens is 3. The van der Waals surface area contributed by atoms with E-state index in [-0.39, 0.29) is 29.1 Å². The Hall–Kier alpha value is -4.60. The van der Waals surface area contributed by atoms with E-state index < -0.39 is 5.82 Å². The minimum absolute atomic E-state index is 0.0253. The molecule has 39 heavy (non-hydrogen) atoms. The summed E-state index contributed by atoms with van der Waals surface area (Å²) >= 11 is 0. The number of imidazole rings is 1. The molecule has 10 heteroatoms. The Bertz CT molecular complexity index is 1580. The first kappa shape index (κ1) is 26.0. The van der Waals surface area contributed by atoms with Crippen molar-refractivity contribution < 1.29 is 23.4 Å². The molecule has 1 saturated heterocycles. The van der Waals surface area contributed by atoms with E-state index in [4.69, 9.17) is 14.2 Å². The van der Waals surface area contributed by atoms with Crippen molar-refractivity contribution >= 4 is 16.9 Å². The highest BCUT2D eigenvalue weighted by Gasteiger charge is 2.29. The van der Waals surface area contributed by atoms with Crippen LogP contribution in [0.5, 0.6) is 23.0 Å². The van der Waals surface area contributed by atoms with E-state index in [1.807, 2.05) is 6.92 Å². The second-order valence-corrected chi connectivity index (χ2v) is 9.08. The number of rotatable bonds is 8. The molecule has 1 amide bonds. The van der Waals surface area contributed by atoms with Gasteiger partial charge in [0.05, 0.1) is 43.4 Å². The smallest absolute Gasteiger partial charge is 0.334 e. The lowest BCUT2D eigenvalue weighted by molar-refractivity contribution is -0.127. The predicted octanol–water partition coefficient (Wildman–Crippen LogP) is 4.88. The van der Waals surface area contributed by atoms with Crippen LogP contribution in [-0.2, 0) is 4.79 Å². The van der Waals surface area contributed by atoms with Crippen LogP contribution < -0.4 is 19.9 Å². The molecule has 1 aliphatic rings. The summed E-state index contributed by atoms with van der Waals surface area (Å²) in [7, 11) is 1.39. The van der Waals surface area contributed by atoms with E-state index >= 15 is 0 Å². The average Bonchev–Trinajstić information content (AvgIpc) is 3.27. The summed E-state index contributed by atoms with van der Waals surface area (Å²) in [6, 6.07) is 11.2. The zero-order valence-corrected chi connectivity index (χ0v) is 21.8. The maximum Gasteiger partial charge on any atom is 0.334 e. The van der Waals surface area contributed by atoms with Crippen LogP contribution in [0.1, 0.15) is 25.8 Å². The first-order valence-corrected chi connectivity index (χ1v) is 12.7. The molecule has 3 heterocycles. The van der Waals surface area contributed by atoms with Gasteiger partial charge in [0.15, 0.2) is 17.2 Å². The van der Waals surface area contributed by atoms with Gasteiger partial charge >= 0.3 is 5.69 Å². The van der Waals surface area contributed by atoms with Gasteiger partial charge in [-0.25, -0.2) is 4.79 Å². The van der Waals surface area contributed by atoms with Gasteiger partial charge in [-0.3, -0.25) is 18.9 Å². The molecule has 2 aromatic heterocycles. The number of ether oxygens (including phenoxy) is 3. The van der Waals surface area contributed by atoms with Crippen molar-refractivity contribution in [3.63, 3.8) is 0 Å². The van der Waals surface area contributed by atoms with Crippen molar-refractivity contribution in [2.75, 3.05) is 26.8 Å². The van der Waals surface area contributed by atoms with Gasteiger partial charge in [-0.1, -0.05) is 12.6 Å². The van der Waals surface area contributed by atoms with Crippen molar-refractivity contribution in [2.45, 2.75) is 25.8 Å². The number of carbonyl (C=O) groups is 1. The first-order chi connectivity index (χ1) is 19.0. The van der Waals surface area contributed by atoms with Crippen molar-refractivity contribution in [3.05, 3.63) is 83.8 Å². The molecular formula is C29H29FN4O5. The number of halogens is 1. The first-order valence-electron chi connectivity index (χ1n) is 12.7. The molecule has 9 nitrogen and oxygen atoms in total. The predicted molar refractivity (Wildman–Crippen MR) is 145 cm³/mol. The number of pyridine rings is 1. The summed E-state index contributed by atoms with van der Waals surface area (Å²) in [5, 5.41) is 0. The van der Waals surface area contributed by atoms with Crippen LogP contribution in [0.4, 0.5) is 4.39 Å². The third kappa shape index (κ3) is 4.85. The molecule has 0 spiro atoms. The number of amides is 1. The molecule has 0 saturated carbocycles. The Morgan fingerprint density at radius 2 is 1.92 bits per heavy atom. The zero-order chi connectivity index (χ0) is 27.5. The van der Waals surface area contributed by atoms with Crippen LogP contribution in [0, 0.1) is 5.82 Å². The molecule has 5 rings (SSSR count). The third-order valence-electron chi connectivity index (χ3n) is 6.76. The van der Waals surface area contributed by atoms with Gasteiger partial charge in [-0.2, -0.15) is 4.39 Å². The number of benzene rings is 2. The van der Waals surface area contributed by atoms with E-state index in [1.54, 1.807) is 56.8 Å². The lowest BCUT2D eigenvalue weighted by Crippen LogP contribution is -2.42. The highest BCUT2D eigenvalue weighted by atomic mass is 19.1. The monoisotopic (exact) mass is 532 g/mol. The number of fused-ring (bicyclic) bond motifs is 1. The van der Waals surface area contributed by atoms with Crippen LogP contribution in [0.3, 0.4) is 0 Å². The fraction of sp³-hybridized carbons (Fsp3) is 0.276. The normalized spacial score (nSPS) is 15.3. The van der Waals surface area contributed by atoms with Crippen molar-refractivity contribution in [2.24, 2.45) is 0 Å². The fourth-order valence-electron chi connectivity index (χ4n) is 5.00. The van der Waals surface area contributed by atoms with E-state index in [2.05, 4.69) is 11.6 Å². The SMILES string of the molecule is C=CC(=O)N1CCC[C@@H](n2c(=O)n(-c3ccc(Oc4cccc(OC)c4F)cc3)c3cncc(OCC)c32)C1. The second-order valence-electron chi connectivity index (χ2n) is 9.08. The maximum absolute atomic E-state index is 14.6. The van der Waals surface area contributed by atoms with Crippen molar-refractivity contribution in [3.8, 4) is 28.7 Å². The van der Waals surface area contributed by atoms with Crippen LogP contribution >= 0.6 is 0 Å². The number of likely N-dealkylation sites (tertiary alicyclic amines) is 1. The summed E-state index contributed by atoms with van der Waals surface area (Å²) in [5.74, 6) is 0.225. The van der Waals surface area contributed by atoms with E-state index in [0.29, 0.717) is 47.9 Å². The van der Waals surface area contributed by atoms with Gasteiger partial charge < -0.3 is 19.1 Å². The Morgan fingerprint density at radius 1 is 1.15 bits per heavy atom. The Morgan fingerprint density at radius 3 is 2.64 bits per heavy atom. The lowest BCUT2D eigenvalue weighted by atomic mass is 10.1. The molecule has 0 radical (unpaired) electrons. The Kier molecular flexibility index (Phi) is 7.36. The number of nitrogens with zero attached hydrogens (tertiary/aromatic N) is 4. The van der Waals surface area contributed by atoms with Crippen LogP contribution in [0.25, 0.3) is 16.7 Å². The molecule has 4 aromatic rings. The van der Waals surface area contributed by atoms with E-state index in [9.17, 15) is 14.0 Å². The lowest BCUT2D eigenvalue weighted by Gasteiger charge is -2.32. The summed E-state index contributed by atoms with van der Waals surface area (Å²) < 4.78 is 34.5. The molecule has 0 unspecified atom stereocenters. The van der Waals surface area contributed by atoms with Crippen molar-refractivity contribution in [1.82, 2.24) is 19.0 Å². The molecule has 0 N–H and O–H groups in total. The molecule has 1 fully saturated rings. The Labute approximate surface area is 224 Å². The number of methoxy groups -OCH3 is 1. The van der Waals surface area contributed by atoms with Crippen LogP contribution in [-0.4, -0.2) is 51.7 Å². The minimum atomic E-state index is -0.602. The molecule has 2 aromatic carbocycles. The van der Waals surface area contributed by atoms with Gasteiger partial charge in [-0.05, 0) is 62.2 Å². The molecule has 0 bridgehead atoms. The minimum Gasteiger partial charge on any atom is -0.494 e. The van der Waals surface area contributed by atoms with E-state index in [0.717, 1.165) is 12.8 Å². The van der Waals surface area contributed by atoms with Crippen molar-refractivity contribution in [1.29, 1.82) is 0 Å². The molecule has 1 atom stereocenters. The number of carbonyl (C=O) groups excluding carboxylic acids is 1. The van der Waals surface area contributed by atoms with E-state index in [1.165, 1.54) is 25.3 Å². The van der Waals surface area contributed by atoms with Gasteiger partial charge in [0.25, 0.3) is 0 Å². The maximum atomic E-state index is 14.6. The number of hydrogen-bond donors (Lipinski definition) is 0. The average molecular weight is 533 g/mol. The second kappa shape index (κ2) is 11.0. The summed E-state index contributed by atoms with van der Waals surface area (Å²) in [5.41, 5.74) is 1.50. The quantitative estimate of drug-likeness (QED) is 0.301. The van der Waals surface area contributed by atoms with Gasteiger partial charge in [0.2, 0.25) is 11.7 Å². The molecule has 202 valence electrons. The highest BCUT2D eigenvalue weighted by molar-refractivity contribution is 5.87. The fourth-order valence-corrected chi connectivity index (χ4v) is 5.00. The molecular weight excluding hydrogens is 503 g/mol. The highest BCUT2D eigenvalue weighted by Crippen LogP contribution is 2.33. The van der Waals surface area contributed by atoms with Gasteiger partial charge in [-0.15, -0.1) is 0 Å². The third-order valence-corrected chi connectivity index (χ3v) is 6.76. The zero-order valence-electron chi connectivity index (χ0n) is 21.8. The van der Waals surface area contributed by atoms with Gasteiger partial charge in [0, 0.05) is 13.1 Å². The largest absolute Gasteiger partial charge is 0.494 e. The molecule has 0 aliphatic carbocycles. The number of piperidine rings is 1. The van der Waals surface area contributed by atoms with Crippen LogP contribution in [0.15, 0.2) is 72.3 Å². The summed E-state index contributed by atoms with van der Waals surface area (Å²) in [6.45, 7) is 6.87.